The Balaban J connectivity index is 2.63. The highest BCUT2D eigenvalue weighted by atomic mass is 32.1. The predicted octanol–water partition coefficient (Wildman–Crippen LogP) is 0.759. The summed E-state index contributed by atoms with van der Waals surface area (Å²) >= 11 is 1.35. The molecule has 0 saturated heterocycles. The van der Waals surface area contributed by atoms with Gasteiger partial charge in [0, 0.05) is 18.5 Å². The Morgan fingerprint density at radius 3 is 2.58 bits per heavy atom. The van der Waals surface area contributed by atoms with E-state index in [1.54, 1.807) is 12.4 Å². The van der Waals surface area contributed by atoms with Crippen LogP contribution in [0.15, 0.2) is 5.38 Å². The average molecular weight is 284 g/mol. The molecule has 1 rings (SSSR count). The van der Waals surface area contributed by atoms with Crippen molar-refractivity contribution in [3.05, 3.63) is 16.1 Å². The minimum atomic E-state index is -0.276. The van der Waals surface area contributed by atoms with E-state index < -0.39 is 0 Å². The van der Waals surface area contributed by atoms with Gasteiger partial charge in [0.05, 0.1) is 12.6 Å². The van der Waals surface area contributed by atoms with E-state index in [2.05, 4.69) is 10.3 Å². The molecule has 6 nitrogen and oxygen atoms in total. The molecule has 0 spiro atoms. The van der Waals surface area contributed by atoms with Crippen LogP contribution in [0.2, 0.25) is 0 Å². The Kier molecular flexibility index (Phi) is 5.44. The monoisotopic (exact) mass is 284 g/mol. The topological polar surface area (TPSA) is 88.3 Å². The third-order valence-electron chi connectivity index (χ3n) is 2.31. The second-order valence-electron chi connectivity index (χ2n) is 4.74. The summed E-state index contributed by atoms with van der Waals surface area (Å²) in [5.74, 6) is -0.462. The van der Waals surface area contributed by atoms with Crippen LogP contribution in [0.3, 0.4) is 0 Å². The number of thiazole rings is 1. The Morgan fingerprint density at radius 2 is 2.11 bits per heavy atom. The number of aromatic nitrogens is 1. The minimum absolute atomic E-state index is 0.0159. The molecule has 3 N–H and O–H groups in total. The normalized spacial score (nSPS) is 12.3. The van der Waals surface area contributed by atoms with Crippen LogP contribution in [0.25, 0.3) is 0 Å². The number of rotatable bonds is 5. The average Bonchev–Trinajstić information content (AvgIpc) is 2.75. The zero-order valence-electron chi connectivity index (χ0n) is 11.6. The quantitative estimate of drug-likeness (QED) is 0.835. The van der Waals surface area contributed by atoms with Gasteiger partial charge in [-0.25, -0.2) is 4.98 Å². The molecular weight excluding hydrogens is 264 g/mol. The molecule has 0 fully saturated rings. The van der Waals surface area contributed by atoms with Crippen molar-refractivity contribution in [1.29, 1.82) is 0 Å². The molecule has 7 heteroatoms. The van der Waals surface area contributed by atoms with Crippen molar-refractivity contribution in [2.24, 2.45) is 5.73 Å². The highest BCUT2D eigenvalue weighted by molar-refractivity contribution is 7.09. The van der Waals surface area contributed by atoms with Gasteiger partial charge in [-0.1, -0.05) is 0 Å². The van der Waals surface area contributed by atoms with E-state index in [0.29, 0.717) is 10.7 Å². The van der Waals surface area contributed by atoms with Crippen LogP contribution in [0, 0.1) is 0 Å². The Bertz CT molecular complexity index is 456. The third-order valence-corrected chi connectivity index (χ3v) is 3.35. The zero-order valence-corrected chi connectivity index (χ0v) is 12.5. The van der Waals surface area contributed by atoms with Gasteiger partial charge in [-0.3, -0.25) is 9.59 Å². The largest absolute Gasteiger partial charge is 0.352 e. The summed E-state index contributed by atoms with van der Waals surface area (Å²) in [6, 6.07) is -0.138. The lowest BCUT2D eigenvalue weighted by molar-refractivity contribution is -0.122. The maximum atomic E-state index is 12.1. The first-order valence-electron chi connectivity index (χ1n) is 6.07. The summed E-state index contributed by atoms with van der Waals surface area (Å²) in [5.41, 5.74) is 6.03. The second kappa shape index (κ2) is 6.63. The highest BCUT2D eigenvalue weighted by Gasteiger charge is 2.18. The molecule has 0 aliphatic heterocycles. The van der Waals surface area contributed by atoms with E-state index >= 15 is 0 Å². The Labute approximate surface area is 117 Å². The molecule has 0 aliphatic rings. The number of hydrogen-bond acceptors (Lipinski definition) is 5. The van der Waals surface area contributed by atoms with Crippen molar-refractivity contribution in [3.63, 3.8) is 0 Å². The SMILES string of the molecule is CC(C)NC(=O)CN(C)C(=O)c1csc(C(C)N)n1. The van der Waals surface area contributed by atoms with Crippen molar-refractivity contribution in [1.82, 2.24) is 15.2 Å². The maximum absolute atomic E-state index is 12.1. The van der Waals surface area contributed by atoms with Gasteiger partial charge in [0.1, 0.15) is 10.7 Å². The summed E-state index contributed by atoms with van der Waals surface area (Å²) < 4.78 is 0. The number of nitrogens with one attached hydrogen (secondary N) is 1. The lowest BCUT2D eigenvalue weighted by Crippen LogP contribution is -2.40. The molecule has 1 aromatic rings. The summed E-state index contributed by atoms with van der Waals surface area (Å²) in [6.07, 6.45) is 0. The van der Waals surface area contributed by atoms with Crippen molar-refractivity contribution in [2.45, 2.75) is 32.9 Å². The summed E-state index contributed by atoms with van der Waals surface area (Å²) in [5, 5.41) is 5.11. The maximum Gasteiger partial charge on any atom is 0.273 e. The standard InChI is InChI=1S/C12H20N4O2S/c1-7(2)14-10(17)5-16(4)12(18)9-6-19-11(15-9)8(3)13/h6-8H,5,13H2,1-4H3,(H,14,17). The molecule has 1 atom stereocenters. The number of hydrogen-bond donors (Lipinski definition) is 2. The molecule has 0 bridgehead atoms. The summed E-state index contributed by atoms with van der Waals surface area (Å²) in [4.78, 5) is 29.1. The second-order valence-corrected chi connectivity index (χ2v) is 5.63. The highest BCUT2D eigenvalue weighted by Crippen LogP contribution is 2.16. The van der Waals surface area contributed by atoms with Crippen molar-refractivity contribution < 1.29 is 9.59 Å². The van der Waals surface area contributed by atoms with Gasteiger partial charge in [-0.05, 0) is 20.8 Å². The lowest BCUT2D eigenvalue weighted by atomic mass is 10.3. The van der Waals surface area contributed by atoms with E-state index in [9.17, 15) is 9.59 Å². The summed E-state index contributed by atoms with van der Waals surface area (Å²) in [6.45, 7) is 5.57. The number of carbonyl (C=O) groups is 2. The number of nitrogens with two attached hydrogens (primary N) is 1. The van der Waals surface area contributed by atoms with E-state index in [4.69, 9.17) is 5.73 Å². The Morgan fingerprint density at radius 1 is 1.47 bits per heavy atom. The van der Waals surface area contributed by atoms with Crippen molar-refractivity contribution >= 4 is 23.2 Å². The fourth-order valence-corrected chi connectivity index (χ4v) is 2.20. The van der Waals surface area contributed by atoms with Crippen molar-refractivity contribution in [3.8, 4) is 0 Å². The molecule has 2 amide bonds. The van der Waals surface area contributed by atoms with Crippen LogP contribution in [-0.2, 0) is 4.79 Å². The molecule has 0 saturated carbocycles. The number of amides is 2. The van der Waals surface area contributed by atoms with Gasteiger partial charge in [0.15, 0.2) is 0 Å². The van der Waals surface area contributed by atoms with Crippen LogP contribution in [0.5, 0.6) is 0 Å². The minimum Gasteiger partial charge on any atom is -0.352 e. The van der Waals surface area contributed by atoms with E-state index in [1.165, 1.54) is 16.2 Å². The molecule has 19 heavy (non-hydrogen) atoms. The number of likely N-dealkylation sites (N-methyl/N-ethyl adjacent to an activating group) is 1. The molecule has 0 aromatic carbocycles. The Hall–Kier alpha value is -1.47. The number of carbonyl (C=O) groups excluding carboxylic acids is 2. The van der Waals surface area contributed by atoms with Gasteiger partial charge in [0.2, 0.25) is 5.91 Å². The fraction of sp³-hybridized carbons (Fsp3) is 0.583. The molecule has 1 heterocycles. The van der Waals surface area contributed by atoms with Crippen LogP contribution in [0.4, 0.5) is 0 Å². The molecule has 0 aliphatic carbocycles. The predicted molar refractivity (Wildman–Crippen MR) is 75.0 cm³/mol. The van der Waals surface area contributed by atoms with Gasteiger partial charge in [-0.15, -0.1) is 11.3 Å². The zero-order chi connectivity index (χ0) is 14.6. The van der Waals surface area contributed by atoms with E-state index in [-0.39, 0.29) is 30.4 Å². The van der Waals surface area contributed by atoms with Gasteiger partial charge in [-0.2, -0.15) is 0 Å². The van der Waals surface area contributed by atoms with Gasteiger partial charge >= 0.3 is 0 Å². The third kappa shape index (κ3) is 4.60. The first-order chi connectivity index (χ1) is 8.81. The van der Waals surface area contributed by atoms with Gasteiger partial charge < -0.3 is 16.0 Å². The first-order valence-corrected chi connectivity index (χ1v) is 6.95. The summed E-state index contributed by atoms with van der Waals surface area (Å²) in [7, 11) is 1.58. The van der Waals surface area contributed by atoms with Crippen LogP contribution in [-0.4, -0.2) is 41.3 Å². The number of nitrogens with zero attached hydrogens (tertiary/aromatic N) is 2. The van der Waals surface area contributed by atoms with Crippen LogP contribution >= 0.6 is 11.3 Å². The van der Waals surface area contributed by atoms with Crippen molar-refractivity contribution in [2.75, 3.05) is 13.6 Å². The van der Waals surface area contributed by atoms with Crippen LogP contribution < -0.4 is 11.1 Å². The molecule has 106 valence electrons. The molecular formula is C12H20N4O2S. The molecule has 1 unspecified atom stereocenters. The van der Waals surface area contributed by atoms with Gasteiger partial charge in [0.25, 0.3) is 5.91 Å². The van der Waals surface area contributed by atoms with Crippen LogP contribution in [0.1, 0.15) is 42.3 Å². The molecule has 0 radical (unpaired) electrons. The lowest BCUT2D eigenvalue weighted by Gasteiger charge is -2.16. The van der Waals surface area contributed by atoms with E-state index in [0.717, 1.165) is 0 Å². The molecule has 1 aromatic heterocycles. The smallest absolute Gasteiger partial charge is 0.273 e. The first kappa shape index (κ1) is 15.6. The van der Waals surface area contributed by atoms with E-state index in [1.807, 2.05) is 20.8 Å². The fourth-order valence-electron chi connectivity index (χ4n) is 1.45.